The number of carbonyl (C=O) groups excluding carboxylic acids is 1. The highest BCUT2D eigenvalue weighted by Gasteiger charge is 2.27. The van der Waals surface area contributed by atoms with Crippen LogP contribution in [0.1, 0.15) is 56.6 Å². The quantitative estimate of drug-likeness (QED) is 0.464. The minimum atomic E-state index is -3.80. The largest absolute Gasteiger partial charge is 0.492 e. The second-order valence-corrected chi connectivity index (χ2v) is 9.74. The third-order valence-corrected chi connectivity index (χ3v) is 7.36. The molecule has 2 heterocycles. The maximum absolute atomic E-state index is 13.2. The van der Waals surface area contributed by atoms with Gasteiger partial charge in [-0.2, -0.15) is 9.40 Å². The number of ether oxygens (including phenoxy) is 1. The average molecular weight is 486 g/mol. The Morgan fingerprint density at radius 3 is 2.47 bits per heavy atom. The molecule has 3 aromatic rings. The molecule has 0 spiro atoms. The molecule has 182 valence electrons. The first kappa shape index (κ1) is 25.4. The summed E-state index contributed by atoms with van der Waals surface area (Å²) in [5.74, 6) is 0.461. The second-order valence-electron chi connectivity index (χ2n) is 7.84. The lowest BCUT2D eigenvalue weighted by atomic mass is 10.1. The zero-order valence-corrected chi connectivity index (χ0v) is 21.0. The monoisotopic (exact) mass is 485 g/mol. The summed E-state index contributed by atoms with van der Waals surface area (Å²) in [5, 5.41) is 7.21. The summed E-state index contributed by atoms with van der Waals surface area (Å²) in [6.45, 7) is 10.3. The van der Waals surface area contributed by atoms with Gasteiger partial charge in [0, 0.05) is 25.0 Å². The van der Waals surface area contributed by atoms with Crippen LogP contribution in [0.15, 0.2) is 53.7 Å². The van der Waals surface area contributed by atoms with E-state index in [4.69, 9.17) is 4.74 Å². The highest BCUT2D eigenvalue weighted by atomic mass is 32.2. The Morgan fingerprint density at radius 1 is 1.15 bits per heavy atom. The molecule has 0 aliphatic rings. The number of nitrogens with one attached hydrogen (secondary N) is 1. The third kappa shape index (κ3) is 5.13. The molecule has 3 rings (SSSR count). The number of nitrogens with zero attached hydrogens (tertiary/aromatic N) is 4. The fraction of sp³-hybridized carbons (Fsp3) is 0.375. The number of amides is 1. The van der Waals surface area contributed by atoms with Gasteiger partial charge in [-0.3, -0.25) is 4.79 Å². The molecular weight excluding hydrogens is 454 g/mol. The molecule has 0 saturated carbocycles. The molecular formula is C24H31N5O4S. The molecule has 34 heavy (non-hydrogen) atoms. The number of anilines is 1. The summed E-state index contributed by atoms with van der Waals surface area (Å²) in [6, 6.07) is 10.1. The summed E-state index contributed by atoms with van der Waals surface area (Å²) >= 11 is 0. The summed E-state index contributed by atoms with van der Waals surface area (Å²) in [6.07, 6.45) is 3.17. The van der Waals surface area contributed by atoms with Gasteiger partial charge in [-0.15, -0.1) is 0 Å². The van der Waals surface area contributed by atoms with Crippen LogP contribution in [0.2, 0.25) is 0 Å². The van der Waals surface area contributed by atoms with Crippen molar-refractivity contribution in [3.8, 4) is 11.6 Å². The number of rotatable bonds is 10. The van der Waals surface area contributed by atoms with E-state index < -0.39 is 10.0 Å². The Hall–Kier alpha value is -3.24. The van der Waals surface area contributed by atoms with Crippen LogP contribution in [-0.2, 0) is 10.0 Å². The number of benzene rings is 1. The van der Waals surface area contributed by atoms with Gasteiger partial charge in [0.05, 0.1) is 24.1 Å². The number of hydrogen-bond donors (Lipinski definition) is 1. The molecule has 0 unspecified atom stereocenters. The fourth-order valence-corrected chi connectivity index (χ4v) is 5.33. The van der Waals surface area contributed by atoms with Crippen LogP contribution in [0.25, 0.3) is 5.82 Å². The van der Waals surface area contributed by atoms with Gasteiger partial charge in [-0.25, -0.2) is 18.1 Å². The van der Waals surface area contributed by atoms with Crippen LogP contribution in [-0.4, -0.2) is 53.1 Å². The van der Waals surface area contributed by atoms with E-state index in [1.165, 1.54) is 16.6 Å². The number of hydrogen-bond acceptors (Lipinski definition) is 6. The van der Waals surface area contributed by atoms with E-state index in [-0.39, 0.29) is 22.5 Å². The minimum Gasteiger partial charge on any atom is -0.492 e. The van der Waals surface area contributed by atoms with Crippen molar-refractivity contribution in [3.05, 3.63) is 60.0 Å². The van der Waals surface area contributed by atoms with Gasteiger partial charge in [0.25, 0.3) is 5.91 Å². The second kappa shape index (κ2) is 10.8. The highest BCUT2D eigenvalue weighted by Crippen LogP contribution is 2.31. The molecule has 0 fully saturated rings. The predicted octanol–water partition coefficient (Wildman–Crippen LogP) is 4.07. The van der Waals surface area contributed by atoms with E-state index in [1.807, 2.05) is 32.0 Å². The summed E-state index contributed by atoms with van der Waals surface area (Å²) < 4.78 is 35.0. The third-order valence-electron chi connectivity index (χ3n) is 5.29. The average Bonchev–Trinajstić information content (AvgIpc) is 3.27. The van der Waals surface area contributed by atoms with E-state index in [0.29, 0.717) is 42.5 Å². The summed E-state index contributed by atoms with van der Waals surface area (Å²) in [4.78, 5) is 17.6. The Morgan fingerprint density at radius 2 is 1.88 bits per heavy atom. The van der Waals surface area contributed by atoms with Gasteiger partial charge in [-0.1, -0.05) is 33.8 Å². The van der Waals surface area contributed by atoms with E-state index >= 15 is 0 Å². The molecule has 9 nitrogen and oxygen atoms in total. The van der Waals surface area contributed by atoms with Crippen LogP contribution in [0, 0.1) is 0 Å². The van der Waals surface area contributed by atoms with Gasteiger partial charge in [0.15, 0.2) is 5.82 Å². The van der Waals surface area contributed by atoms with Crippen LogP contribution >= 0.6 is 0 Å². The standard InChI is InChI=1S/C24H31N5O4S/c1-6-28(7-2)34(31,32)21-15-18(12-13-20(21)33-8-3)27-24(30)19-16-26-29(23(19)17(4)5)22-11-9-10-14-25-22/h9-17H,6-8H2,1-5H3,(H,27,30). The lowest BCUT2D eigenvalue weighted by Gasteiger charge is -2.21. The minimum absolute atomic E-state index is 0.0100. The Balaban J connectivity index is 1.99. The van der Waals surface area contributed by atoms with Gasteiger partial charge >= 0.3 is 0 Å². The van der Waals surface area contributed by atoms with E-state index in [2.05, 4.69) is 15.4 Å². The molecule has 0 bridgehead atoms. The van der Waals surface area contributed by atoms with Crippen molar-refractivity contribution in [2.75, 3.05) is 25.0 Å². The molecule has 0 radical (unpaired) electrons. The highest BCUT2D eigenvalue weighted by molar-refractivity contribution is 7.89. The number of aromatic nitrogens is 3. The zero-order valence-electron chi connectivity index (χ0n) is 20.1. The molecule has 1 amide bonds. The smallest absolute Gasteiger partial charge is 0.259 e. The lowest BCUT2D eigenvalue weighted by molar-refractivity contribution is 0.102. The molecule has 10 heteroatoms. The van der Waals surface area contributed by atoms with E-state index in [0.717, 1.165) is 0 Å². The number of pyridine rings is 1. The molecule has 1 aromatic carbocycles. The Labute approximate surface area is 200 Å². The maximum atomic E-state index is 13.2. The first-order valence-corrected chi connectivity index (χ1v) is 12.8. The van der Waals surface area contributed by atoms with Crippen molar-refractivity contribution in [1.29, 1.82) is 0 Å². The normalized spacial score (nSPS) is 11.7. The summed E-state index contributed by atoms with van der Waals surface area (Å²) in [7, 11) is -3.80. The lowest BCUT2D eigenvalue weighted by Crippen LogP contribution is -2.31. The fourth-order valence-electron chi connectivity index (χ4n) is 3.71. The van der Waals surface area contributed by atoms with Crippen molar-refractivity contribution < 1.29 is 17.9 Å². The van der Waals surface area contributed by atoms with Crippen molar-refractivity contribution >= 4 is 21.6 Å². The Bertz CT molecular complexity index is 1240. The van der Waals surface area contributed by atoms with Gasteiger partial charge in [-0.05, 0) is 43.2 Å². The van der Waals surface area contributed by atoms with Gasteiger partial charge < -0.3 is 10.1 Å². The predicted molar refractivity (Wildman–Crippen MR) is 131 cm³/mol. The van der Waals surface area contributed by atoms with E-state index in [1.54, 1.807) is 43.8 Å². The van der Waals surface area contributed by atoms with Crippen LogP contribution < -0.4 is 10.1 Å². The van der Waals surface area contributed by atoms with Crippen LogP contribution in [0.3, 0.4) is 0 Å². The summed E-state index contributed by atoms with van der Waals surface area (Å²) in [5.41, 5.74) is 1.44. The van der Waals surface area contributed by atoms with Crippen molar-refractivity contribution in [1.82, 2.24) is 19.1 Å². The molecule has 2 aromatic heterocycles. The van der Waals surface area contributed by atoms with Crippen molar-refractivity contribution in [2.24, 2.45) is 0 Å². The van der Waals surface area contributed by atoms with Crippen LogP contribution in [0.5, 0.6) is 5.75 Å². The number of sulfonamides is 1. The Kier molecular flexibility index (Phi) is 8.06. The van der Waals surface area contributed by atoms with Crippen LogP contribution in [0.4, 0.5) is 5.69 Å². The zero-order chi connectivity index (χ0) is 24.9. The molecule has 0 aliphatic carbocycles. The van der Waals surface area contributed by atoms with Gasteiger partial charge in [0.2, 0.25) is 10.0 Å². The topological polar surface area (TPSA) is 106 Å². The van der Waals surface area contributed by atoms with Gasteiger partial charge in [0.1, 0.15) is 10.6 Å². The molecule has 0 saturated heterocycles. The number of carbonyl (C=O) groups is 1. The molecule has 1 N–H and O–H groups in total. The maximum Gasteiger partial charge on any atom is 0.259 e. The first-order valence-electron chi connectivity index (χ1n) is 11.3. The van der Waals surface area contributed by atoms with E-state index in [9.17, 15) is 13.2 Å². The first-order chi connectivity index (χ1) is 16.2. The van der Waals surface area contributed by atoms with Crippen molar-refractivity contribution in [2.45, 2.75) is 45.4 Å². The SMILES string of the molecule is CCOc1ccc(NC(=O)c2cnn(-c3ccccn3)c2C(C)C)cc1S(=O)(=O)N(CC)CC. The van der Waals surface area contributed by atoms with Crippen molar-refractivity contribution in [3.63, 3.8) is 0 Å². The molecule has 0 aliphatic heterocycles. The molecule has 0 atom stereocenters.